The zero-order valence-corrected chi connectivity index (χ0v) is 13.1. The number of ether oxygens (including phenoxy) is 3. The normalized spacial score (nSPS) is 13.6. The van der Waals surface area contributed by atoms with Gasteiger partial charge in [0, 0.05) is 18.2 Å². The second-order valence-electron chi connectivity index (χ2n) is 5.15. The first kappa shape index (κ1) is 16.1. The van der Waals surface area contributed by atoms with Crippen molar-refractivity contribution in [1.82, 2.24) is 4.90 Å². The van der Waals surface area contributed by atoms with Crippen LogP contribution in [0.4, 0.5) is 0 Å². The zero-order chi connectivity index (χ0) is 16.1. The summed E-state index contributed by atoms with van der Waals surface area (Å²) < 4.78 is 15.2. The minimum absolute atomic E-state index is 0.0302. The van der Waals surface area contributed by atoms with Crippen LogP contribution in [0.25, 0.3) is 0 Å². The van der Waals surface area contributed by atoms with E-state index in [0.717, 1.165) is 6.42 Å². The lowest BCUT2D eigenvalue weighted by Crippen LogP contribution is -2.39. The van der Waals surface area contributed by atoms with Crippen LogP contribution in [-0.2, 0) is 9.53 Å². The lowest BCUT2D eigenvalue weighted by molar-refractivity contribution is -0.140. The number of rotatable bonds is 6. The Morgan fingerprint density at radius 3 is 2.73 bits per heavy atom. The fourth-order valence-electron chi connectivity index (χ4n) is 2.25. The summed E-state index contributed by atoms with van der Waals surface area (Å²) in [6, 6.07) is 5.15. The Hall–Kier alpha value is -2.24. The fraction of sp³-hybridized carbons (Fsp3) is 0.500. The summed E-state index contributed by atoms with van der Waals surface area (Å²) in [6.45, 7) is 4.46. The maximum atomic E-state index is 12.7. The Morgan fingerprint density at radius 2 is 2.05 bits per heavy atom. The highest BCUT2D eigenvalue weighted by molar-refractivity contribution is 5.95. The van der Waals surface area contributed by atoms with Crippen LogP contribution < -0.4 is 9.47 Å². The van der Waals surface area contributed by atoms with E-state index >= 15 is 0 Å². The Bertz CT molecular complexity index is 557. The van der Waals surface area contributed by atoms with Crippen LogP contribution in [0.15, 0.2) is 18.2 Å². The van der Waals surface area contributed by atoms with E-state index in [1.807, 2.05) is 13.8 Å². The van der Waals surface area contributed by atoms with Crippen molar-refractivity contribution < 1.29 is 23.8 Å². The monoisotopic (exact) mass is 307 g/mol. The van der Waals surface area contributed by atoms with Gasteiger partial charge in [0.1, 0.15) is 0 Å². The van der Waals surface area contributed by atoms with Gasteiger partial charge in [0.2, 0.25) is 6.79 Å². The summed E-state index contributed by atoms with van der Waals surface area (Å²) in [5.41, 5.74) is 0.523. The first-order chi connectivity index (χ1) is 10.6. The molecule has 1 heterocycles. The minimum Gasteiger partial charge on any atom is -0.469 e. The molecule has 1 unspecified atom stereocenters. The molecule has 1 aromatic rings. The number of nitrogens with zero attached hydrogens (tertiary/aromatic N) is 1. The maximum absolute atomic E-state index is 12.7. The number of methoxy groups -OCH3 is 1. The van der Waals surface area contributed by atoms with E-state index in [0.29, 0.717) is 23.6 Å². The third-order valence-corrected chi connectivity index (χ3v) is 3.79. The number of amides is 1. The van der Waals surface area contributed by atoms with Crippen LogP contribution in [0.2, 0.25) is 0 Å². The molecule has 0 aliphatic carbocycles. The molecule has 1 amide bonds. The van der Waals surface area contributed by atoms with Gasteiger partial charge in [0.25, 0.3) is 5.91 Å². The van der Waals surface area contributed by atoms with E-state index in [2.05, 4.69) is 4.74 Å². The molecule has 0 bridgehead atoms. The van der Waals surface area contributed by atoms with Crippen molar-refractivity contribution in [2.24, 2.45) is 0 Å². The second kappa shape index (κ2) is 7.15. The lowest BCUT2D eigenvalue weighted by Gasteiger charge is -2.28. The average Bonchev–Trinajstić information content (AvgIpc) is 3.01. The molecule has 1 aliphatic rings. The number of fused-ring (bicyclic) bond motifs is 1. The molecule has 1 aliphatic heterocycles. The highest BCUT2D eigenvalue weighted by Crippen LogP contribution is 2.33. The second-order valence-corrected chi connectivity index (χ2v) is 5.15. The molecule has 0 fully saturated rings. The van der Waals surface area contributed by atoms with Crippen molar-refractivity contribution in [3.8, 4) is 11.5 Å². The number of hydrogen-bond acceptors (Lipinski definition) is 5. The quantitative estimate of drug-likeness (QED) is 0.754. The molecule has 1 atom stereocenters. The van der Waals surface area contributed by atoms with Crippen molar-refractivity contribution in [2.45, 2.75) is 32.7 Å². The lowest BCUT2D eigenvalue weighted by atomic mass is 10.1. The van der Waals surface area contributed by atoms with Gasteiger partial charge in [-0.3, -0.25) is 9.59 Å². The van der Waals surface area contributed by atoms with Gasteiger partial charge in [-0.05, 0) is 31.5 Å². The highest BCUT2D eigenvalue weighted by Gasteiger charge is 2.23. The van der Waals surface area contributed by atoms with Crippen LogP contribution in [0.5, 0.6) is 11.5 Å². The van der Waals surface area contributed by atoms with Gasteiger partial charge in [-0.15, -0.1) is 0 Å². The van der Waals surface area contributed by atoms with Crippen LogP contribution in [0.1, 0.15) is 37.0 Å². The smallest absolute Gasteiger partial charge is 0.307 e. The van der Waals surface area contributed by atoms with E-state index in [1.165, 1.54) is 7.11 Å². The summed E-state index contributed by atoms with van der Waals surface area (Å²) in [6.07, 6.45) is 0.981. The zero-order valence-electron chi connectivity index (χ0n) is 13.1. The van der Waals surface area contributed by atoms with Gasteiger partial charge in [-0.25, -0.2) is 0 Å². The summed E-state index contributed by atoms with van der Waals surface area (Å²) in [5, 5.41) is 0. The molecular formula is C16H21NO5. The first-order valence-corrected chi connectivity index (χ1v) is 7.34. The molecule has 0 spiro atoms. The van der Waals surface area contributed by atoms with Crippen molar-refractivity contribution >= 4 is 11.9 Å². The number of hydrogen-bond donors (Lipinski definition) is 0. The largest absolute Gasteiger partial charge is 0.469 e. The van der Waals surface area contributed by atoms with Crippen molar-refractivity contribution in [3.05, 3.63) is 23.8 Å². The average molecular weight is 307 g/mol. The van der Waals surface area contributed by atoms with E-state index in [-0.39, 0.29) is 31.1 Å². The fourth-order valence-corrected chi connectivity index (χ4v) is 2.25. The van der Waals surface area contributed by atoms with E-state index in [4.69, 9.17) is 9.47 Å². The summed E-state index contributed by atoms with van der Waals surface area (Å²) >= 11 is 0. The standard InChI is InChI=1S/C16H21NO5/c1-4-11(2)17(8-7-15(18)20-3)16(19)12-5-6-13-14(9-12)22-10-21-13/h5-6,9,11H,4,7-8,10H2,1-3H3. The van der Waals surface area contributed by atoms with Crippen molar-refractivity contribution in [3.63, 3.8) is 0 Å². The van der Waals surface area contributed by atoms with Gasteiger partial charge >= 0.3 is 5.97 Å². The molecule has 0 saturated carbocycles. The topological polar surface area (TPSA) is 65.1 Å². The van der Waals surface area contributed by atoms with Gasteiger partial charge in [0.15, 0.2) is 11.5 Å². The van der Waals surface area contributed by atoms with Gasteiger partial charge in [-0.2, -0.15) is 0 Å². The Kier molecular flexibility index (Phi) is 5.25. The third kappa shape index (κ3) is 3.50. The summed E-state index contributed by atoms with van der Waals surface area (Å²) in [5.74, 6) is 0.757. The summed E-state index contributed by atoms with van der Waals surface area (Å²) in [4.78, 5) is 25.8. The van der Waals surface area contributed by atoms with Crippen LogP contribution >= 0.6 is 0 Å². The first-order valence-electron chi connectivity index (χ1n) is 7.34. The Balaban J connectivity index is 2.15. The molecule has 0 saturated heterocycles. The predicted octanol–water partition coefficient (Wildman–Crippen LogP) is 2.22. The molecule has 1 aromatic carbocycles. The molecule has 2 rings (SSSR count). The van der Waals surface area contributed by atoms with Crippen LogP contribution in [-0.4, -0.2) is 43.3 Å². The van der Waals surface area contributed by atoms with Crippen molar-refractivity contribution in [1.29, 1.82) is 0 Å². The minimum atomic E-state index is -0.327. The maximum Gasteiger partial charge on any atom is 0.307 e. The highest BCUT2D eigenvalue weighted by atomic mass is 16.7. The SMILES string of the molecule is CCC(C)N(CCC(=O)OC)C(=O)c1ccc2c(c1)OCO2. The van der Waals surface area contributed by atoms with Gasteiger partial charge < -0.3 is 19.1 Å². The van der Waals surface area contributed by atoms with Crippen molar-refractivity contribution in [2.75, 3.05) is 20.4 Å². The number of carbonyl (C=O) groups excluding carboxylic acids is 2. The Morgan fingerprint density at radius 1 is 1.32 bits per heavy atom. The molecule has 0 radical (unpaired) electrons. The van der Waals surface area contributed by atoms with E-state index in [9.17, 15) is 9.59 Å². The van der Waals surface area contributed by atoms with E-state index in [1.54, 1.807) is 23.1 Å². The van der Waals surface area contributed by atoms with Gasteiger partial charge in [-0.1, -0.05) is 6.92 Å². The molecular weight excluding hydrogens is 286 g/mol. The number of esters is 1. The number of benzene rings is 1. The molecule has 6 nitrogen and oxygen atoms in total. The summed E-state index contributed by atoms with van der Waals surface area (Å²) in [7, 11) is 1.34. The molecule has 120 valence electrons. The van der Waals surface area contributed by atoms with Crippen LogP contribution in [0.3, 0.4) is 0 Å². The van der Waals surface area contributed by atoms with Gasteiger partial charge in [0.05, 0.1) is 13.5 Å². The third-order valence-electron chi connectivity index (χ3n) is 3.79. The Labute approximate surface area is 129 Å². The molecule has 0 aromatic heterocycles. The van der Waals surface area contributed by atoms with Crippen LogP contribution in [0, 0.1) is 0 Å². The predicted molar refractivity (Wildman–Crippen MR) is 80.0 cm³/mol. The molecule has 22 heavy (non-hydrogen) atoms. The number of carbonyl (C=O) groups is 2. The molecule has 0 N–H and O–H groups in total. The molecule has 6 heteroatoms. The van der Waals surface area contributed by atoms with E-state index < -0.39 is 0 Å².